The van der Waals surface area contributed by atoms with Gasteiger partial charge in [0.2, 0.25) is 0 Å². The predicted molar refractivity (Wildman–Crippen MR) is 164 cm³/mol. The molecule has 7 aliphatic rings. The Morgan fingerprint density at radius 2 is 1.66 bits per heavy atom. The second kappa shape index (κ2) is 9.67. The Bertz CT molecular complexity index is 1210. The zero-order valence-electron chi connectivity index (χ0n) is 28.3. The fourth-order valence-corrected chi connectivity index (χ4v) is 13.3. The molecule has 3 N–H and O–H groups in total. The number of hydrogen-bond acceptors (Lipinski definition) is 8. The topological polar surface area (TPSA) is 114 Å². The van der Waals surface area contributed by atoms with Crippen LogP contribution >= 0.6 is 0 Å². The Kier molecular flexibility index (Phi) is 6.89. The Balaban J connectivity index is 1.16. The van der Waals surface area contributed by atoms with Crippen LogP contribution in [0.3, 0.4) is 0 Å². The maximum Gasteiger partial charge on any atom is 0.311 e. The van der Waals surface area contributed by atoms with Crippen molar-refractivity contribution in [3.63, 3.8) is 0 Å². The van der Waals surface area contributed by atoms with Crippen molar-refractivity contribution in [2.45, 2.75) is 143 Å². The van der Waals surface area contributed by atoms with E-state index in [2.05, 4.69) is 39.9 Å². The van der Waals surface area contributed by atoms with E-state index in [1.54, 1.807) is 13.8 Å². The Labute approximate surface area is 263 Å². The van der Waals surface area contributed by atoms with E-state index in [4.69, 9.17) is 14.2 Å². The molecule has 13 atom stereocenters. The first-order valence-electron chi connectivity index (χ1n) is 17.6. The lowest BCUT2D eigenvalue weighted by atomic mass is 9.41. The van der Waals surface area contributed by atoms with Gasteiger partial charge in [-0.3, -0.25) is 9.59 Å². The molecular weight excluding hydrogens is 558 g/mol. The second-order valence-corrected chi connectivity index (χ2v) is 18.0. The van der Waals surface area contributed by atoms with Crippen LogP contribution in [0.5, 0.6) is 0 Å². The molecule has 0 amide bonds. The lowest BCUT2D eigenvalue weighted by Crippen LogP contribution is -2.60. The van der Waals surface area contributed by atoms with Gasteiger partial charge in [0.15, 0.2) is 6.10 Å². The molecule has 8 nitrogen and oxygen atoms in total. The van der Waals surface area contributed by atoms with Crippen LogP contribution in [0.4, 0.5) is 0 Å². The molecule has 2 saturated heterocycles. The number of esters is 2. The van der Waals surface area contributed by atoms with Crippen molar-refractivity contribution in [3.05, 3.63) is 0 Å². The molecule has 4 unspecified atom stereocenters. The van der Waals surface area contributed by atoms with Crippen LogP contribution in [0, 0.1) is 56.7 Å². The molecule has 2 aliphatic heterocycles. The summed E-state index contributed by atoms with van der Waals surface area (Å²) >= 11 is 0. The first-order valence-corrected chi connectivity index (χ1v) is 17.6. The Hall–Kier alpha value is -1.22. The molecule has 5 saturated carbocycles. The van der Waals surface area contributed by atoms with E-state index in [9.17, 15) is 19.8 Å². The standard InChI is InChI=1S/C36H57NO7/c1-19-15-22(29(32(5,6)41)42-20(2)38)43-27-26(19)33(7)13-14-36-18-35(36)12-11-25(44-30(40)21-16-37-17-21)31(3,4)23(35)9-10-24(36)34(33,8)28(27)39/h19,21-29,37,39,41H,9-18H2,1-8H3/t19-,22?,23+,24?,25?,26+,27?,28+,29+,33-,34-,35-,36+/m1/s1. The molecule has 0 bridgehead atoms. The highest BCUT2D eigenvalue weighted by molar-refractivity contribution is 5.74. The number of fused-ring (bicyclic) bond motifs is 4. The van der Waals surface area contributed by atoms with Gasteiger partial charge in [0.1, 0.15) is 6.10 Å². The molecule has 2 spiro atoms. The van der Waals surface area contributed by atoms with Gasteiger partial charge in [-0.2, -0.15) is 0 Å². The first-order chi connectivity index (χ1) is 20.4. The van der Waals surface area contributed by atoms with E-state index in [0.717, 1.165) is 45.2 Å². The van der Waals surface area contributed by atoms with Crippen molar-refractivity contribution >= 4 is 11.9 Å². The SMILES string of the molecule is CC(=O)O[C@@H](C1C[C@@H](C)[C@H]2C(O1)[C@H](O)[C@@]1(C)C3CC[C@H]4C(C)(C)C(OC(=O)C5CNC5)CC[C@@]45C[C@@]35CC[C@]21C)C(C)(C)O. The predicted octanol–water partition coefficient (Wildman–Crippen LogP) is 4.63. The summed E-state index contributed by atoms with van der Waals surface area (Å²) in [6.45, 7) is 18.0. The molecule has 2 heterocycles. The first kappa shape index (κ1) is 31.4. The third kappa shape index (κ3) is 3.89. The van der Waals surface area contributed by atoms with Gasteiger partial charge in [0, 0.05) is 30.8 Å². The molecule has 44 heavy (non-hydrogen) atoms. The highest BCUT2D eigenvalue weighted by Crippen LogP contribution is 2.89. The van der Waals surface area contributed by atoms with E-state index in [1.807, 2.05) is 0 Å². The summed E-state index contributed by atoms with van der Waals surface area (Å²) in [5, 5.41) is 26.7. The van der Waals surface area contributed by atoms with Gasteiger partial charge in [-0.15, -0.1) is 0 Å². The molecule has 8 heteroatoms. The number of ether oxygens (including phenoxy) is 3. The maximum atomic E-state index is 12.9. The van der Waals surface area contributed by atoms with Crippen molar-refractivity contribution in [1.82, 2.24) is 5.32 Å². The third-order valence-electron chi connectivity index (χ3n) is 15.5. The number of rotatable bonds is 5. The normalized spacial score (nSPS) is 51.3. The fraction of sp³-hybridized carbons (Fsp3) is 0.944. The van der Waals surface area contributed by atoms with Gasteiger partial charge in [0.25, 0.3) is 0 Å². The number of nitrogens with one attached hydrogen (secondary N) is 1. The van der Waals surface area contributed by atoms with Crippen LogP contribution in [0.15, 0.2) is 0 Å². The second-order valence-electron chi connectivity index (χ2n) is 18.0. The molecule has 7 fully saturated rings. The number of aliphatic hydroxyl groups excluding tert-OH is 1. The molecule has 248 valence electrons. The zero-order valence-corrected chi connectivity index (χ0v) is 28.3. The average molecular weight is 616 g/mol. The summed E-state index contributed by atoms with van der Waals surface area (Å²) in [4.78, 5) is 24.9. The minimum Gasteiger partial charge on any atom is -0.462 e. The summed E-state index contributed by atoms with van der Waals surface area (Å²) in [5.41, 5.74) is -1.22. The van der Waals surface area contributed by atoms with Crippen LogP contribution < -0.4 is 5.32 Å². The van der Waals surface area contributed by atoms with E-state index < -0.39 is 29.9 Å². The summed E-state index contributed by atoms with van der Waals surface area (Å²) in [6, 6.07) is 0. The van der Waals surface area contributed by atoms with Crippen LogP contribution in [0.25, 0.3) is 0 Å². The third-order valence-corrected chi connectivity index (χ3v) is 15.5. The van der Waals surface area contributed by atoms with Crippen LogP contribution in [0.1, 0.15) is 107 Å². The minimum atomic E-state index is -1.26. The monoisotopic (exact) mass is 615 g/mol. The zero-order chi connectivity index (χ0) is 31.8. The molecule has 0 aromatic rings. The minimum absolute atomic E-state index is 0.00464. The summed E-state index contributed by atoms with van der Waals surface area (Å²) in [5.74, 6) is 0.939. The molecule has 0 radical (unpaired) electrons. The van der Waals surface area contributed by atoms with Crippen molar-refractivity contribution in [2.75, 3.05) is 13.1 Å². The number of carbonyl (C=O) groups is 2. The number of carbonyl (C=O) groups excluding carboxylic acids is 2. The number of hydrogen-bond donors (Lipinski definition) is 3. The fourth-order valence-electron chi connectivity index (χ4n) is 13.3. The molecule has 7 rings (SSSR count). The average Bonchev–Trinajstić information content (AvgIpc) is 3.52. The van der Waals surface area contributed by atoms with Crippen LogP contribution in [-0.4, -0.2) is 71.4 Å². The molecule has 0 aromatic carbocycles. The van der Waals surface area contributed by atoms with Gasteiger partial charge < -0.3 is 29.7 Å². The highest BCUT2D eigenvalue weighted by Gasteiger charge is 2.84. The van der Waals surface area contributed by atoms with Crippen molar-refractivity contribution < 1.29 is 34.0 Å². The van der Waals surface area contributed by atoms with E-state index in [-0.39, 0.29) is 63.0 Å². The van der Waals surface area contributed by atoms with E-state index in [1.165, 1.54) is 19.8 Å². The number of aliphatic hydroxyl groups is 2. The quantitative estimate of drug-likeness (QED) is 0.384. The van der Waals surface area contributed by atoms with Gasteiger partial charge in [-0.1, -0.05) is 34.6 Å². The highest BCUT2D eigenvalue weighted by atomic mass is 16.6. The summed E-state index contributed by atoms with van der Waals surface area (Å²) in [7, 11) is 0. The summed E-state index contributed by atoms with van der Waals surface area (Å²) < 4.78 is 18.7. The van der Waals surface area contributed by atoms with Crippen molar-refractivity contribution in [1.29, 1.82) is 0 Å². The van der Waals surface area contributed by atoms with Crippen molar-refractivity contribution in [2.24, 2.45) is 56.7 Å². The maximum absolute atomic E-state index is 12.9. The summed E-state index contributed by atoms with van der Waals surface area (Å²) in [6.07, 6.45) is 6.16. The van der Waals surface area contributed by atoms with Gasteiger partial charge in [0.05, 0.1) is 29.8 Å². The van der Waals surface area contributed by atoms with E-state index >= 15 is 0 Å². The van der Waals surface area contributed by atoms with Crippen LogP contribution in [-0.2, 0) is 23.8 Å². The van der Waals surface area contributed by atoms with E-state index in [0.29, 0.717) is 18.3 Å². The lowest BCUT2D eigenvalue weighted by molar-refractivity contribution is -0.216. The molecular formula is C36H57NO7. The van der Waals surface area contributed by atoms with Gasteiger partial charge in [-0.05, 0) is 105 Å². The molecule has 5 aliphatic carbocycles. The Morgan fingerprint density at radius 1 is 1.00 bits per heavy atom. The molecule has 0 aromatic heterocycles. The van der Waals surface area contributed by atoms with Gasteiger partial charge >= 0.3 is 11.9 Å². The largest absolute Gasteiger partial charge is 0.462 e. The lowest BCUT2D eigenvalue weighted by Gasteiger charge is -2.63. The smallest absolute Gasteiger partial charge is 0.311 e. The van der Waals surface area contributed by atoms with Crippen molar-refractivity contribution in [3.8, 4) is 0 Å². The van der Waals surface area contributed by atoms with Gasteiger partial charge in [-0.25, -0.2) is 0 Å². The van der Waals surface area contributed by atoms with Crippen LogP contribution in [0.2, 0.25) is 0 Å². The Morgan fingerprint density at radius 3 is 2.27 bits per heavy atom.